The number of allylic oxidation sites excluding steroid dienone is 2. The van der Waals surface area contributed by atoms with Crippen LogP contribution in [0, 0.1) is 46.8 Å². The number of ether oxygens (including phenoxy) is 1. The minimum atomic E-state index is -2.68. The summed E-state index contributed by atoms with van der Waals surface area (Å²) in [4.78, 5) is 52.3. The van der Waals surface area contributed by atoms with E-state index in [-0.39, 0.29) is 40.3 Å². The summed E-state index contributed by atoms with van der Waals surface area (Å²) >= 11 is 14.3. The first-order chi connectivity index (χ1) is 22.7. The van der Waals surface area contributed by atoms with Crippen LogP contribution in [0.5, 0.6) is 11.5 Å². The Balaban J connectivity index is 1.43. The molecule has 2 aromatic rings. The van der Waals surface area contributed by atoms with Gasteiger partial charge in [0.2, 0.25) is 17.6 Å². The number of benzene rings is 2. The smallest absolute Gasteiger partial charge is 0.258 e. The lowest BCUT2D eigenvalue weighted by atomic mass is 9.56. The van der Waals surface area contributed by atoms with Gasteiger partial charge in [-0.1, -0.05) is 37.0 Å². The Labute approximate surface area is 280 Å². The van der Waals surface area contributed by atoms with E-state index in [9.17, 15) is 37.5 Å². The van der Waals surface area contributed by atoms with Crippen molar-refractivity contribution in [3.8, 4) is 11.5 Å². The molecule has 2 saturated heterocycles. The van der Waals surface area contributed by atoms with Gasteiger partial charge in [-0.25, -0.2) is 26.9 Å². The van der Waals surface area contributed by atoms with E-state index in [1.165, 1.54) is 30.2 Å². The molecule has 0 bridgehead atoms. The van der Waals surface area contributed by atoms with Gasteiger partial charge in [-0.2, -0.15) is 0 Å². The number of nitrogens with zero attached hydrogens (tertiary/aromatic N) is 2. The largest absolute Gasteiger partial charge is 0.508 e. The van der Waals surface area contributed by atoms with E-state index in [0.717, 1.165) is 19.3 Å². The van der Waals surface area contributed by atoms with E-state index in [4.69, 9.17) is 27.9 Å². The fourth-order valence-electron chi connectivity index (χ4n) is 8.57. The van der Waals surface area contributed by atoms with E-state index in [1.807, 2.05) is 0 Å². The van der Waals surface area contributed by atoms with Crippen LogP contribution in [0.15, 0.2) is 29.8 Å². The van der Waals surface area contributed by atoms with Crippen molar-refractivity contribution in [3.05, 3.63) is 64.5 Å². The van der Waals surface area contributed by atoms with Crippen LogP contribution in [0.1, 0.15) is 56.4 Å². The zero-order chi connectivity index (χ0) is 34.6. The summed E-state index contributed by atoms with van der Waals surface area (Å²) in [6, 6.07) is 3.41. The molecule has 3 aliphatic carbocycles. The van der Waals surface area contributed by atoms with Gasteiger partial charge in [-0.15, -0.1) is 23.2 Å². The van der Waals surface area contributed by atoms with Crippen LogP contribution < -0.4 is 9.64 Å². The maximum Gasteiger partial charge on any atom is 0.258 e. The maximum absolute atomic E-state index is 15.2. The molecule has 6 unspecified atom stereocenters. The highest BCUT2D eigenvalue weighted by molar-refractivity contribution is 6.58. The van der Waals surface area contributed by atoms with Crippen molar-refractivity contribution in [1.82, 2.24) is 4.90 Å². The van der Waals surface area contributed by atoms with E-state index < -0.39 is 92.3 Å². The first-order valence-corrected chi connectivity index (χ1v) is 16.2. The molecule has 0 radical (unpaired) electrons. The highest BCUT2D eigenvalue weighted by Gasteiger charge is 2.77. The monoisotopic (exact) mass is 712 g/mol. The molecular weight excluding hydrogens is 686 g/mol. The van der Waals surface area contributed by atoms with Gasteiger partial charge in [-0.05, 0) is 37.7 Å². The van der Waals surface area contributed by atoms with Gasteiger partial charge < -0.3 is 9.84 Å². The van der Waals surface area contributed by atoms with Crippen LogP contribution in [0.3, 0.4) is 0 Å². The molecular formula is C33H27Cl2F5N2O6. The number of likely N-dealkylation sites (tertiary alicyclic amines) is 1. The number of imide groups is 2. The molecule has 2 aliphatic heterocycles. The molecule has 48 heavy (non-hydrogen) atoms. The third-order valence-electron chi connectivity index (χ3n) is 10.7. The summed E-state index contributed by atoms with van der Waals surface area (Å²) in [6.45, 7) is 0. The van der Waals surface area contributed by atoms with Crippen LogP contribution >= 0.6 is 23.2 Å². The molecule has 5 aliphatic rings. The van der Waals surface area contributed by atoms with Crippen LogP contribution in [0.25, 0.3) is 0 Å². The van der Waals surface area contributed by atoms with Crippen molar-refractivity contribution in [1.29, 1.82) is 0 Å². The number of rotatable bonds is 4. The number of aromatic hydroxyl groups is 1. The Kier molecular flexibility index (Phi) is 7.63. The standard InChI is InChI=1S/C33H27Cl2F5N2O6/c1-48-19-11-14(43)7-8-16(19)21-15-9-10-17-20(29(45)41(28(17)44)13-5-3-2-4-6-13)18(15)12-32(34)30(46)42(31(47)33(21,32)35)27-25(39)23(37)22(36)24(38)26(27)40/h7-9,11,13,17-18,20-21,43H,2-6,10,12H2,1H3. The molecule has 1 N–H and O–H groups in total. The molecule has 254 valence electrons. The summed E-state index contributed by atoms with van der Waals surface area (Å²) in [5, 5.41) is 10.2. The quantitative estimate of drug-likeness (QED) is 0.104. The molecule has 2 aromatic carbocycles. The molecule has 6 atom stereocenters. The second-order valence-electron chi connectivity index (χ2n) is 13.0. The number of alkyl halides is 2. The third kappa shape index (κ3) is 4.12. The normalized spacial score (nSPS) is 32.0. The summed E-state index contributed by atoms with van der Waals surface area (Å²) in [5.74, 6) is -21.0. The van der Waals surface area contributed by atoms with Crippen molar-refractivity contribution in [2.75, 3.05) is 12.0 Å². The zero-order valence-electron chi connectivity index (χ0n) is 25.2. The molecule has 4 amide bonds. The van der Waals surface area contributed by atoms with Crippen LogP contribution in [0.4, 0.5) is 27.6 Å². The minimum absolute atomic E-state index is 0.0460. The van der Waals surface area contributed by atoms with E-state index >= 15 is 8.78 Å². The number of carbonyl (C=O) groups is 4. The van der Waals surface area contributed by atoms with Gasteiger partial charge in [0.1, 0.15) is 17.2 Å². The van der Waals surface area contributed by atoms with Crippen molar-refractivity contribution in [2.24, 2.45) is 17.8 Å². The second-order valence-corrected chi connectivity index (χ2v) is 14.2. The fourth-order valence-corrected chi connectivity index (χ4v) is 9.50. The van der Waals surface area contributed by atoms with E-state index in [0.29, 0.717) is 18.4 Å². The lowest BCUT2D eigenvalue weighted by Crippen LogP contribution is -2.60. The van der Waals surface area contributed by atoms with Crippen molar-refractivity contribution < 1.29 is 51.0 Å². The number of anilines is 1. The van der Waals surface area contributed by atoms with Crippen molar-refractivity contribution >= 4 is 52.5 Å². The summed E-state index contributed by atoms with van der Waals surface area (Å²) in [5.41, 5.74) is -1.47. The second kappa shape index (κ2) is 11.2. The average molecular weight is 713 g/mol. The Morgan fingerprint density at radius 3 is 2.10 bits per heavy atom. The summed E-state index contributed by atoms with van der Waals surface area (Å²) in [6.07, 6.45) is 4.96. The highest BCUT2D eigenvalue weighted by Crippen LogP contribution is 2.67. The third-order valence-corrected chi connectivity index (χ3v) is 12.1. The number of halogens is 7. The van der Waals surface area contributed by atoms with Gasteiger partial charge in [0.25, 0.3) is 11.8 Å². The molecule has 2 saturated carbocycles. The number of carbonyl (C=O) groups excluding carboxylic acids is 4. The van der Waals surface area contributed by atoms with Crippen molar-refractivity contribution in [3.63, 3.8) is 0 Å². The van der Waals surface area contributed by atoms with Gasteiger partial charge in [-0.3, -0.25) is 24.1 Å². The van der Waals surface area contributed by atoms with E-state index in [2.05, 4.69) is 0 Å². The highest BCUT2D eigenvalue weighted by atomic mass is 35.5. The molecule has 8 nitrogen and oxygen atoms in total. The number of phenolic OH excluding ortho intramolecular Hbond substituents is 1. The minimum Gasteiger partial charge on any atom is -0.508 e. The van der Waals surface area contributed by atoms with Crippen molar-refractivity contribution in [2.45, 2.75) is 66.7 Å². The lowest BCUT2D eigenvalue weighted by Gasteiger charge is -2.51. The summed E-state index contributed by atoms with van der Waals surface area (Å²) < 4.78 is 78.7. The van der Waals surface area contributed by atoms with Gasteiger partial charge in [0.05, 0.1) is 18.9 Å². The van der Waals surface area contributed by atoms with Gasteiger partial charge in [0, 0.05) is 23.6 Å². The number of fused-ring (bicyclic) bond motifs is 4. The topological polar surface area (TPSA) is 104 Å². The number of phenols is 1. The van der Waals surface area contributed by atoms with Gasteiger partial charge in [0.15, 0.2) is 33.0 Å². The molecule has 0 spiro atoms. The average Bonchev–Trinajstić information content (AvgIpc) is 3.41. The number of hydrogen-bond acceptors (Lipinski definition) is 6. The molecule has 0 aromatic heterocycles. The fraction of sp³-hybridized carbons (Fsp3) is 0.455. The number of methoxy groups -OCH3 is 1. The number of hydrogen-bond donors (Lipinski definition) is 1. The van der Waals surface area contributed by atoms with Crippen LogP contribution in [0.2, 0.25) is 0 Å². The predicted octanol–water partition coefficient (Wildman–Crippen LogP) is 5.99. The Bertz CT molecular complexity index is 1820. The Morgan fingerprint density at radius 2 is 1.48 bits per heavy atom. The molecule has 4 fully saturated rings. The molecule has 15 heteroatoms. The first-order valence-electron chi connectivity index (χ1n) is 15.4. The number of amides is 4. The Hall–Kier alpha value is -3.71. The van der Waals surface area contributed by atoms with Crippen LogP contribution in [-0.2, 0) is 19.2 Å². The zero-order valence-corrected chi connectivity index (χ0v) is 26.7. The molecule has 7 rings (SSSR count). The predicted molar refractivity (Wildman–Crippen MR) is 160 cm³/mol. The Morgan fingerprint density at radius 1 is 0.854 bits per heavy atom. The van der Waals surface area contributed by atoms with E-state index in [1.54, 1.807) is 6.08 Å². The lowest BCUT2D eigenvalue weighted by molar-refractivity contribution is -0.143. The SMILES string of the molecule is COc1cc(O)ccc1C1C2=CCC3C(=O)N(C4CCCCC4)C(=O)C3C2CC2(Cl)C(=O)N(c3c(F)c(F)c(F)c(F)c3F)C(=O)C12Cl. The maximum atomic E-state index is 15.2. The first kappa shape index (κ1) is 32.8. The van der Waals surface area contributed by atoms with Crippen LogP contribution in [-0.4, -0.2) is 56.5 Å². The summed E-state index contributed by atoms with van der Waals surface area (Å²) in [7, 11) is 1.24. The molecule has 2 heterocycles. The van der Waals surface area contributed by atoms with Gasteiger partial charge >= 0.3 is 0 Å².